The largest absolute Gasteiger partial charge is 0.467 e. The molecule has 0 saturated carbocycles. The molecule has 5 heterocycles. The van der Waals surface area contributed by atoms with Crippen LogP contribution < -0.4 is 19.7 Å². The van der Waals surface area contributed by atoms with Crippen LogP contribution in [0.2, 0.25) is 0 Å². The number of furan rings is 1. The summed E-state index contributed by atoms with van der Waals surface area (Å²) >= 11 is 0. The van der Waals surface area contributed by atoms with Crippen LogP contribution >= 0.6 is 0 Å². The van der Waals surface area contributed by atoms with Crippen LogP contribution in [-0.4, -0.2) is 28.2 Å². The molecule has 1 N–H and O–H groups in total. The molecule has 0 amide bonds. The molecule has 8 rings (SSSR count). The number of fused-ring (bicyclic) bond motifs is 5. The number of ether oxygens (including phenoxy) is 2. The van der Waals surface area contributed by atoms with Crippen LogP contribution in [0.4, 0.5) is 22.9 Å². The summed E-state index contributed by atoms with van der Waals surface area (Å²) in [5.74, 6) is 4.21. The van der Waals surface area contributed by atoms with Crippen LogP contribution in [0.1, 0.15) is 23.1 Å². The molecule has 39 heavy (non-hydrogen) atoms. The fourth-order valence-electron chi connectivity index (χ4n) is 5.37. The van der Waals surface area contributed by atoms with Gasteiger partial charge in [0.15, 0.2) is 29.0 Å². The maximum Gasteiger partial charge on any atom is 0.231 e. The van der Waals surface area contributed by atoms with Gasteiger partial charge in [0.25, 0.3) is 0 Å². The average molecular weight is 515 g/mol. The van der Waals surface area contributed by atoms with Crippen molar-refractivity contribution in [3.8, 4) is 17.2 Å². The van der Waals surface area contributed by atoms with Gasteiger partial charge in [-0.25, -0.2) is 14.7 Å². The molecule has 5 aromatic rings. The fraction of sp³-hybridized carbons (Fsp3) is 0.100. The van der Waals surface area contributed by atoms with Crippen LogP contribution in [0.15, 0.2) is 106 Å². The fourth-order valence-corrected chi connectivity index (χ4v) is 5.37. The van der Waals surface area contributed by atoms with Crippen molar-refractivity contribution >= 4 is 34.6 Å². The molecule has 0 radical (unpaired) electrons. The minimum absolute atomic E-state index is 0.212. The number of rotatable bonds is 3. The summed E-state index contributed by atoms with van der Waals surface area (Å²) in [5, 5.41) is 8.43. The molecular weight excluding hydrogens is 492 g/mol. The summed E-state index contributed by atoms with van der Waals surface area (Å²) in [7, 11) is 0. The van der Waals surface area contributed by atoms with Crippen molar-refractivity contribution in [1.29, 1.82) is 0 Å². The smallest absolute Gasteiger partial charge is 0.231 e. The molecule has 3 aromatic carbocycles. The van der Waals surface area contributed by atoms with E-state index in [-0.39, 0.29) is 12.8 Å². The summed E-state index contributed by atoms with van der Waals surface area (Å²) in [4.78, 5) is 12.4. The number of benzene rings is 3. The Hall–Kier alpha value is -5.31. The molecule has 0 fully saturated rings. The third-order valence-corrected chi connectivity index (χ3v) is 7.09. The number of nitrogens with one attached hydrogen (secondary N) is 1. The predicted octanol–water partition coefficient (Wildman–Crippen LogP) is 6.30. The van der Waals surface area contributed by atoms with E-state index in [1.807, 2.05) is 90.5 Å². The SMILES string of the molecule is Cc1nn(-c2ccccc2)c2c1[C@@H](c1ccco1)N1C(=N2)C(Nc2ccc3c(c2)OCO3)=Nc2ccccc21. The number of anilines is 2. The summed E-state index contributed by atoms with van der Waals surface area (Å²) in [6, 6.07) is 27.4. The quantitative estimate of drug-likeness (QED) is 0.304. The van der Waals surface area contributed by atoms with Gasteiger partial charge in [-0.05, 0) is 55.5 Å². The Morgan fingerprint density at radius 2 is 1.72 bits per heavy atom. The second-order valence-electron chi connectivity index (χ2n) is 9.44. The van der Waals surface area contributed by atoms with E-state index < -0.39 is 0 Å². The van der Waals surface area contributed by atoms with E-state index in [1.54, 1.807) is 6.26 Å². The zero-order valence-corrected chi connectivity index (χ0v) is 20.9. The molecule has 0 bridgehead atoms. The first-order chi connectivity index (χ1) is 19.2. The van der Waals surface area contributed by atoms with Gasteiger partial charge in [-0.1, -0.05) is 30.3 Å². The van der Waals surface area contributed by atoms with Crippen LogP contribution in [0, 0.1) is 6.92 Å². The molecule has 1 atom stereocenters. The third-order valence-electron chi connectivity index (χ3n) is 7.09. The van der Waals surface area contributed by atoms with E-state index in [1.165, 1.54) is 0 Å². The zero-order valence-electron chi connectivity index (χ0n) is 20.9. The molecule has 9 nitrogen and oxygen atoms in total. The van der Waals surface area contributed by atoms with Crippen molar-refractivity contribution in [2.75, 3.05) is 17.0 Å². The second kappa shape index (κ2) is 8.35. The predicted molar refractivity (Wildman–Crippen MR) is 148 cm³/mol. The number of para-hydroxylation sites is 3. The topological polar surface area (TPSA) is 89.4 Å². The van der Waals surface area contributed by atoms with Gasteiger partial charge in [0.1, 0.15) is 11.8 Å². The molecule has 3 aliphatic rings. The first-order valence-corrected chi connectivity index (χ1v) is 12.7. The van der Waals surface area contributed by atoms with Gasteiger partial charge in [0, 0.05) is 11.8 Å². The van der Waals surface area contributed by atoms with Gasteiger partial charge in [-0.3, -0.25) is 0 Å². The van der Waals surface area contributed by atoms with E-state index in [4.69, 9.17) is 29.0 Å². The Morgan fingerprint density at radius 1 is 0.872 bits per heavy atom. The lowest BCUT2D eigenvalue weighted by atomic mass is 9.98. The molecule has 0 unspecified atom stereocenters. The zero-order chi connectivity index (χ0) is 25.9. The second-order valence-corrected chi connectivity index (χ2v) is 9.44. The molecule has 190 valence electrons. The van der Waals surface area contributed by atoms with Crippen LogP contribution in [0.5, 0.6) is 11.5 Å². The highest BCUT2D eigenvalue weighted by atomic mass is 16.7. The lowest BCUT2D eigenvalue weighted by Crippen LogP contribution is -2.46. The first-order valence-electron chi connectivity index (χ1n) is 12.7. The monoisotopic (exact) mass is 514 g/mol. The first kappa shape index (κ1) is 21.7. The number of nitrogens with zero attached hydrogens (tertiary/aromatic N) is 5. The molecule has 9 heteroatoms. The van der Waals surface area contributed by atoms with Gasteiger partial charge in [0.2, 0.25) is 6.79 Å². The number of aliphatic imine (C=N–C) groups is 2. The normalized spacial score (nSPS) is 16.6. The average Bonchev–Trinajstić information content (AvgIpc) is 3.73. The molecular formula is C30H22N6O3. The molecule has 0 spiro atoms. The lowest BCUT2D eigenvalue weighted by molar-refractivity contribution is 0.174. The highest BCUT2D eigenvalue weighted by molar-refractivity contribution is 6.51. The van der Waals surface area contributed by atoms with Crippen LogP contribution in [0.25, 0.3) is 5.69 Å². The minimum atomic E-state index is -0.301. The summed E-state index contributed by atoms with van der Waals surface area (Å²) in [5.41, 5.74) is 5.36. The Morgan fingerprint density at radius 3 is 2.59 bits per heavy atom. The lowest BCUT2D eigenvalue weighted by Gasteiger charge is -2.39. The Balaban J connectivity index is 1.35. The van der Waals surface area contributed by atoms with E-state index in [0.29, 0.717) is 17.4 Å². The van der Waals surface area contributed by atoms with E-state index in [9.17, 15) is 0 Å². The van der Waals surface area contributed by atoms with Crippen LogP contribution in [0.3, 0.4) is 0 Å². The van der Waals surface area contributed by atoms with Gasteiger partial charge in [-0.15, -0.1) is 0 Å². The van der Waals surface area contributed by atoms with Gasteiger partial charge < -0.3 is 24.1 Å². The Bertz CT molecular complexity index is 1790. The van der Waals surface area contributed by atoms with Crippen molar-refractivity contribution in [3.63, 3.8) is 0 Å². The molecule has 0 aliphatic carbocycles. The number of amidine groups is 2. The van der Waals surface area contributed by atoms with E-state index >= 15 is 0 Å². The Labute approximate surface area is 223 Å². The number of hydrogen-bond donors (Lipinski definition) is 1. The molecule has 2 aromatic heterocycles. The van der Waals surface area contributed by atoms with E-state index in [2.05, 4.69) is 16.3 Å². The summed E-state index contributed by atoms with van der Waals surface area (Å²) in [6.07, 6.45) is 1.70. The molecule has 3 aliphatic heterocycles. The van der Waals surface area contributed by atoms with Crippen molar-refractivity contribution in [1.82, 2.24) is 9.78 Å². The standard InChI is InChI=1S/C30H22N6O3/c1-18-26-27(24-12-7-15-37-24)35-22-11-6-5-10-21(22)32-28(31-19-13-14-23-25(16-19)39-17-38-23)30(35)33-29(26)36(34-18)20-8-3-2-4-9-20/h2-16,27H,17H2,1H3,(H,31,32)/t27-/m1/s1. The van der Waals surface area contributed by atoms with Gasteiger partial charge >= 0.3 is 0 Å². The highest BCUT2D eigenvalue weighted by Crippen LogP contribution is 2.48. The summed E-state index contributed by atoms with van der Waals surface area (Å²) < 4.78 is 19.0. The van der Waals surface area contributed by atoms with Crippen molar-refractivity contribution in [2.24, 2.45) is 9.98 Å². The maximum absolute atomic E-state index is 6.04. The van der Waals surface area contributed by atoms with Gasteiger partial charge in [-0.2, -0.15) is 5.10 Å². The van der Waals surface area contributed by atoms with Crippen molar-refractivity contribution in [2.45, 2.75) is 13.0 Å². The number of hydrogen-bond acceptors (Lipinski definition) is 8. The van der Waals surface area contributed by atoms with E-state index in [0.717, 1.165) is 51.3 Å². The number of aryl methyl sites for hydroxylation is 1. The Kier molecular flexibility index (Phi) is 4.66. The van der Waals surface area contributed by atoms with Crippen molar-refractivity contribution < 1.29 is 13.9 Å². The minimum Gasteiger partial charge on any atom is -0.467 e. The van der Waals surface area contributed by atoms with Crippen LogP contribution in [-0.2, 0) is 0 Å². The third kappa shape index (κ3) is 3.36. The maximum atomic E-state index is 6.04. The highest BCUT2D eigenvalue weighted by Gasteiger charge is 2.42. The van der Waals surface area contributed by atoms with Gasteiger partial charge in [0.05, 0.1) is 34.6 Å². The molecule has 0 saturated heterocycles. The van der Waals surface area contributed by atoms with Crippen molar-refractivity contribution in [3.05, 3.63) is 108 Å². The summed E-state index contributed by atoms with van der Waals surface area (Å²) in [6.45, 7) is 2.23. The number of aromatic nitrogens is 2.